The highest BCUT2D eigenvalue weighted by molar-refractivity contribution is 7.09. The van der Waals surface area contributed by atoms with E-state index >= 15 is 0 Å². The first-order valence-electron chi connectivity index (χ1n) is 7.09. The minimum Gasteiger partial charge on any atom is -0.452 e. The number of nitrogens with one attached hydrogen (secondary N) is 1. The van der Waals surface area contributed by atoms with Gasteiger partial charge in [0.2, 0.25) is 0 Å². The van der Waals surface area contributed by atoms with E-state index in [1.54, 1.807) is 18.3 Å². The van der Waals surface area contributed by atoms with E-state index in [1.807, 2.05) is 48.7 Å². The molecule has 1 atom stereocenters. The van der Waals surface area contributed by atoms with Crippen LogP contribution in [0.25, 0.3) is 0 Å². The van der Waals surface area contributed by atoms with E-state index < -0.39 is 12.1 Å². The van der Waals surface area contributed by atoms with Crippen molar-refractivity contribution in [1.82, 2.24) is 5.32 Å². The fourth-order valence-electron chi connectivity index (χ4n) is 1.90. The van der Waals surface area contributed by atoms with Gasteiger partial charge in [0, 0.05) is 4.88 Å². The van der Waals surface area contributed by atoms with Crippen LogP contribution in [0, 0.1) is 6.92 Å². The molecule has 0 bridgehead atoms. The Labute approximate surface area is 134 Å². The molecule has 0 saturated carbocycles. The molecule has 116 valence electrons. The third-order valence-corrected chi connectivity index (χ3v) is 4.04. The van der Waals surface area contributed by atoms with Crippen molar-refractivity contribution in [3.63, 3.8) is 0 Å². The van der Waals surface area contributed by atoms with Crippen LogP contribution < -0.4 is 5.32 Å². The summed E-state index contributed by atoms with van der Waals surface area (Å²) in [6, 6.07) is 11.5. The first-order valence-corrected chi connectivity index (χ1v) is 7.97. The van der Waals surface area contributed by atoms with Crippen molar-refractivity contribution in [2.75, 3.05) is 0 Å². The molecule has 0 fully saturated rings. The standard InChI is InChI=1S/C17H19NO3S/c1-12-5-7-14(8-6-12)10-16(19)21-13(2)17(20)18-11-15-4-3-9-22-15/h3-9,13H,10-11H2,1-2H3,(H,18,20)/t13-/m0/s1. The smallest absolute Gasteiger partial charge is 0.311 e. The third kappa shape index (κ3) is 5.00. The van der Waals surface area contributed by atoms with Crippen molar-refractivity contribution < 1.29 is 14.3 Å². The van der Waals surface area contributed by atoms with Gasteiger partial charge in [-0.05, 0) is 30.9 Å². The molecule has 5 heteroatoms. The maximum Gasteiger partial charge on any atom is 0.311 e. The molecule has 4 nitrogen and oxygen atoms in total. The van der Waals surface area contributed by atoms with Crippen LogP contribution in [0.3, 0.4) is 0 Å². The zero-order valence-electron chi connectivity index (χ0n) is 12.7. The van der Waals surface area contributed by atoms with Crippen molar-refractivity contribution in [1.29, 1.82) is 0 Å². The number of hydrogen-bond donors (Lipinski definition) is 1. The second kappa shape index (κ2) is 7.75. The van der Waals surface area contributed by atoms with Crippen molar-refractivity contribution in [3.8, 4) is 0 Å². The molecule has 1 N–H and O–H groups in total. The summed E-state index contributed by atoms with van der Waals surface area (Å²) in [5.74, 6) is -0.687. The lowest BCUT2D eigenvalue weighted by Gasteiger charge is -2.13. The van der Waals surface area contributed by atoms with E-state index in [-0.39, 0.29) is 12.3 Å². The topological polar surface area (TPSA) is 55.4 Å². The van der Waals surface area contributed by atoms with Gasteiger partial charge in [0.25, 0.3) is 5.91 Å². The minimum absolute atomic E-state index is 0.169. The quantitative estimate of drug-likeness (QED) is 0.834. The summed E-state index contributed by atoms with van der Waals surface area (Å²) in [6.07, 6.45) is -0.624. The Kier molecular flexibility index (Phi) is 5.72. The van der Waals surface area contributed by atoms with Gasteiger partial charge in [-0.1, -0.05) is 35.9 Å². The molecular formula is C17H19NO3S. The number of thiophene rings is 1. The predicted octanol–water partition coefficient (Wildman–Crippen LogP) is 2.85. The van der Waals surface area contributed by atoms with Crippen LogP contribution in [0.15, 0.2) is 41.8 Å². The number of carbonyl (C=O) groups is 2. The fourth-order valence-corrected chi connectivity index (χ4v) is 2.54. The van der Waals surface area contributed by atoms with Crippen LogP contribution in [0.1, 0.15) is 22.9 Å². The molecule has 0 spiro atoms. The van der Waals surface area contributed by atoms with Crippen molar-refractivity contribution in [2.45, 2.75) is 32.9 Å². The first-order chi connectivity index (χ1) is 10.5. The van der Waals surface area contributed by atoms with Gasteiger partial charge in [-0.2, -0.15) is 0 Å². The van der Waals surface area contributed by atoms with Crippen LogP contribution in [0.5, 0.6) is 0 Å². The number of carbonyl (C=O) groups excluding carboxylic acids is 2. The summed E-state index contributed by atoms with van der Waals surface area (Å²) in [6.45, 7) is 4.02. The van der Waals surface area contributed by atoms with Crippen LogP contribution in [0.2, 0.25) is 0 Å². The van der Waals surface area contributed by atoms with Gasteiger partial charge in [-0.15, -0.1) is 11.3 Å². The van der Waals surface area contributed by atoms with E-state index in [2.05, 4.69) is 5.32 Å². The maximum atomic E-state index is 11.9. The van der Waals surface area contributed by atoms with Crippen molar-refractivity contribution in [2.24, 2.45) is 0 Å². The zero-order valence-corrected chi connectivity index (χ0v) is 13.5. The SMILES string of the molecule is Cc1ccc(CC(=O)O[C@@H](C)C(=O)NCc2cccs2)cc1. The third-order valence-electron chi connectivity index (χ3n) is 3.16. The molecule has 1 aromatic heterocycles. The monoisotopic (exact) mass is 317 g/mol. The van der Waals surface area contributed by atoms with E-state index in [0.717, 1.165) is 16.0 Å². The number of benzene rings is 1. The molecule has 0 unspecified atom stereocenters. The summed E-state index contributed by atoms with van der Waals surface area (Å²) < 4.78 is 5.17. The van der Waals surface area contributed by atoms with Gasteiger partial charge >= 0.3 is 5.97 Å². The molecule has 2 aromatic rings. The lowest BCUT2D eigenvalue weighted by atomic mass is 10.1. The van der Waals surface area contributed by atoms with E-state index in [4.69, 9.17) is 4.74 Å². The Morgan fingerprint density at radius 3 is 2.59 bits per heavy atom. The molecule has 1 aromatic carbocycles. The van der Waals surface area contributed by atoms with Gasteiger partial charge in [0.15, 0.2) is 6.10 Å². The fraction of sp³-hybridized carbons (Fsp3) is 0.294. The summed E-state index contributed by atoms with van der Waals surface area (Å²) in [4.78, 5) is 24.8. The summed E-state index contributed by atoms with van der Waals surface area (Å²) in [5.41, 5.74) is 2.01. The zero-order chi connectivity index (χ0) is 15.9. The lowest BCUT2D eigenvalue weighted by molar-refractivity contribution is -0.154. The largest absolute Gasteiger partial charge is 0.452 e. The number of aryl methyl sites for hydroxylation is 1. The summed E-state index contributed by atoms with van der Waals surface area (Å²) in [5, 5.41) is 4.71. The van der Waals surface area contributed by atoms with Gasteiger partial charge in [-0.3, -0.25) is 9.59 Å². The van der Waals surface area contributed by atoms with Gasteiger partial charge in [0.05, 0.1) is 13.0 Å². The highest BCUT2D eigenvalue weighted by atomic mass is 32.1. The molecule has 2 rings (SSSR count). The normalized spacial score (nSPS) is 11.7. The van der Waals surface area contributed by atoms with Crippen molar-refractivity contribution >= 4 is 23.2 Å². The van der Waals surface area contributed by atoms with E-state index in [1.165, 1.54) is 0 Å². The Bertz CT molecular complexity index is 620. The number of hydrogen-bond acceptors (Lipinski definition) is 4. The second-order valence-electron chi connectivity index (χ2n) is 5.09. The summed E-state index contributed by atoms with van der Waals surface area (Å²) in [7, 11) is 0. The Balaban J connectivity index is 1.77. The average Bonchev–Trinajstić information content (AvgIpc) is 3.00. The molecule has 0 aliphatic heterocycles. The highest BCUT2D eigenvalue weighted by Gasteiger charge is 2.17. The number of ether oxygens (including phenoxy) is 1. The molecular weight excluding hydrogens is 298 g/mol. The predicted molar refractivity (Wildman–Crippen MR) is 86.6 cm³/mol. The van der Waals surface area contributed by atoms with E-state index in [0.29, 0.717) is 6.54 Å². The van der Waals surface area contributed by atoms with Crippen LogP contribution in [0.4, 0.5) is 0 Å². The summed E-state index contributed by atoms with van der Waals surface area (Å²) >= 11 is 1.57. The van der Waals surface area contributed by atoms with Gasteiger partial charge in [-0.25, -0.2) is 0 Å². The number of amides is 1. The van der Waals surface area contributed by atoms with E-state index in [9.17, 15) is 9.59 Å². The number of esters is 1. The molecule has 0 aliphatic rings. The van der Waals surface area contributed by atoms with Crippen LogP contribution in [-0.4, -0.2) is 18.0 Å². The average molecular weight is 317 g/mol. The molecule has 1 heterocycles. The Morgan fingerprint density at radius 2 is 1.95 bits per heavy atom. The molecule has 0 saturated heterocycles. The minimum atomic E-state index is -0.794. The molecule has 1 amide bonds. The Morgan fingerprint density at radius 1 is 1.23 bits per heavy atom. The first kappa shape index (κ1) is 16.2. The van der Waals surface area contributed by atoms with Gasteiger partial charge in [0.1, 0.15) is 0 Å². The second-order valence-corrected chi connectivity index (χ2v) is 6.12. The van der Waals surface area contributed by atoms with Crippen molar-refractivity contribution in [3.05, 3.63) is 57.8 Å². The highest BCUT2D eigenvalue weighted by Crippen LogP contribution is 2.08. The number of rotatable bonds is 6. The molecule has 0 radical (unpaired) electrons. The maximum absolute atomic E-state index is 11.9. The lowest BCUT2D eigenvalue weighted by Crippen LogP contribution is -2.35. The Hall–Kier alpha value is -2.14. The molecule has 0 aliphatic carbocycles. The van der Waals surface area contributed by atoms with Gasteiger partial charge < -0.3 is 10.1 Å². The van der Waals surface area contributed by atoms with Crippen LogP contribution >= 0.6 is 11.3 Å². The van der Waals surface area contributed by atoms with Crippen LogP contribution in [-0.2, 0) is 27.3 Å². The molecule has 22 heavy (non-hydrogen) atoms.